The van der Waals surface area contributed by atoms with Gasteiger partial charge in [0.2, 0.25) is 0 Å². The summed E-state index contributed by atoms with van der Waals surface area (Å²) in [5, 5.41) is 0. The maximum atomic E-state index is 13.1. The van der Waals surface area contributed by atoms with Crippen LogP contribution < -0.4 is 0 Å². The molecule has 0 atom stereocenters. The highest BCUT2D eigenvalue weighted by molar-refractivity contribution is 6.15. The maximum absolute atomic E-state index is 13.1. The number of halogens is 3. The van der Waals surface area contributed by atoms with Crippen molar-refractivity contribution in [3.8, 4) is 11.1 Å². The third kappa shape index (κ3) is 3.86. The van der Waals surface area contributed by atoms with Crippen LogP contribution in [0.25, 0.3) is 11.1 Å². The Morgan fingerprint density at radius 1 is 0.862 bits per heavy atom. The fourth-order valence-electron chi connectivity index (χ4n) is 3.84. The molecular weight excluding hydrogens is 381 g/mol. The zero-order valence-corrected chi connectivity index (χ0v) is 17.0. The quantitative estimate of drug-likeness (QED) is 0.622. The maximum Gasteiger partial charge on any atom is 0.416 e. The summed E-state index contributed by atoms with van der Waals surface area (Å²) in [7, 11) is 0. The lowest BCUT2D eigenvalue weighted by Gasteiger charge is -2.43. The summed E-state index contributed by atoms with van der Waals surface area (Å²) in [4.78, 5) is 26.1. The van der Waals surface area contributed by atoms with Gasteiger partial charge in [-0.1, -0.05) is 24.3 Å². The number of hydrogen-bond acceptors (Lipinski definition) is 3. The Kier molecular flexibility index (Phi) is 4.98. The average Bonchev–Trinajstić information content (AvgIpc) is 2.60. The van der Waals surface area contributed by atoms with Crippen molar-refractivity contribution < 1.29 is 27.5 Å². The molecule has 29 heavy (non-hydrogen) atoms. The normalized spacial score (nSPS) is 19.4. The van der Waals surface area contributed by atoms with E-state index in [9.17, 15) is 22.8 Å². The third-order valence-electron chi connectivity index (χ3n) is 5.33. The summed E-state index contributed by atoms with van der Waals surface area (Å²) in [6, 6.07) is 10.0. The van der Waals surface area contributed by atoms with Crippen molar-refractivity contribution in [1.29, 1.82) is 0 Å². The van der Waals surface area contributed by atoms with Gasteiger partial charge >= 0.3 is 6.18 Å². The van der Waals surface area contributed by atoms with Crippen LogP contribution in [-0.4, -0.2) is 22.8 Å². The zero-order chi connectivity index (χ0) is 21.8. The fourth-order valence-corrected chi connectivity index (χ4v) is 3.84. The third-order valence-corrected chi connectivity index (χ3v) is 5.33. The molecule has 0 amide bonds. The van der Waals surface area contributed by atoms with Crippen molar-refractivity contribution in [2.24, 2.45) is 0 Å². The van der Waals surface area contributed by atoms with Gasteiger partial charge in [0.05, 0.1) is 5.56 Å². The van der Waals surface area contributed by atoms with Gasteiger partial charge in [0, 0.05) is 0 Å². The van der Waals surface area contributed by atoms with E-state index in [4.69, 9.17) is 4.74 Å². The molecule has 1 aliphatic heterocycles. The van der Waals surface area contributed by atoms with Crippen molar-refractivity contribution in [2.75, 3.05) is 0 Å². The number of hydrogen-bond donors (Lipinski definition) is 0. The van der Waals surface area contributed by atoms with Crippen molar-refractivity contribution in [3.63, 3.8) is 0 Å². The van der Waals surface area contributed by atoms with Crippen LogP contribution in [-0.2, 0) is 20.5 Å². The predicted octanol–water partition coefficient (Wildman–Crippen LogP) is 5.49. The van der Waals surface area contributed by atoms with E-state index in [2.05, 4.69) is 0 Å². The Balaban J connectivity index is 2.13. The Hall–Kier alpha value is -2.47. The van der Waals surface area contributed by atoms with Crippen LogP contribution in [0.1, 0.15) is 50.3 Å². The molecule has 0 bridgehead atoms. The van der Waals surface area contributed by atoms with Gasteiger partial charge in [-0.2, -0.15) is 13.2 Å². The second-order valence-corrected chi connectivity index (χ2v) is 8.43. The zero-order valence-electron chi connectivity index (χ0n) is 17.0. The van der Waals surface area contributed by atoms with E-state index in [1.165, 1.54) is 6.07 Å². The molecule has 1 aliphatic rings. The molecule has 0 aromatic heterocycles. The minimum Gasteiger partial charge on any atom is -0.354 e. The number of benzene rings is 2. The molecule has 1 heterocycles. The summed E-state index contributed by atoms with van der Waals surface area (Å²) >= 11 is 0. The number of ether oxygens (including phenoxy) is 1. The van der Waals surface area contributed by atoms with Crippen LogP contribution in [0.2, 0.25) is 0 Å². The van der Waals surface area contributed by atoms with Crippen molar-refractivity contribution in [2.45, 2.75) is 57.9 Å². The molecule has 1 fully saturated rings. The minimum absolute atomic E-state index is 0.355. The first-order valence-electron chi connectivity index (χ1n) is 9.31. The van der Waals surface area contributed by atoms with E-state index in [0.717, 1.165) is 17.7 Å². The van der Waals surface area contributed by atoms with Gasteiger partial charge in [-0.25, -0.2) is 0 Å². The summed E-state index contributed by atoms with van der Waals surface area (Å²) in [5.74, 6) is -1.74. The second kappa shape index (κ2) is 6.80. The first-order valence-corrected chi connectivity index (χ1v) is 9.31. The van der Waals surface area contributed by atoms with Gasteiger partial charge < -0.3 is 4.74 Å². The van der Waals surface area contributed by atoms with Crippen molar-refractivity contribution in [3.05, 3.63) is 59.2 Å². The number of aryl methyl sites for hydroxylation is 1. The summed E-state index contributed by atoms with van der Waals surface area (Å²) in [6.07, 6.45) is -4.45. The van der Waals surface area contributed by atoms with Crippen LogP contribution in [0.15, 0.2) is 42.5 Å². The average molecular weight is 404 g/mol. The molecule has 3 nitrogen and oxygen atoms in total. The SMILES string of the molecule is Cc1ccc(-c2cccc(C(F)(F)F)c2)cc1C1C(=O)C(C)(C)OC(C)(C)C1=O. The highest BCUT2D eigenvalue weighted by Crippen LogP contribution is 2.40. The highest BCUT2D eigenvalue weighted by atomic mass is 19.4. The lowest BCUT2D eigenvalue weighted by Crippen LogP contribution is -2.58. The van der Waals surface area contributed by atoms with Crippen LogP contribution in [0, 0.1) is 6.92 Å². The fraction of sp³-hybridized carbons (Fsp3) is 0.391. The monoisotopic (exact) mass is 404 g/mol. The summed E-state index contributed by atoms with van der Waals surface area (Å²) < 4.78 is 45.0. The largest absolute Gasteiger partial charge is 0.416 e. The molecule has 0 radical (unpaired) electrons. The minimum atomic E-state index is -4.45. The topological polar surface area (TPSA) is 43.4 Å². The molecule has 0 spiro atoms. The number of rotatable bonds is 2. The summed E-state index contributed by atoms with van der Waals surface area (Å²) in [5.41, 5.74) is -0.953. The molecule has 2 aromatic rings. The molecule has 2 aromatic carbocycles. The molecule has 0 unspecified atom stereocenters. The van der Waals surface area contributed by atoms with E-state index >= 15 is 0 Å². The molecule has 0 aliphatic carbocycles. The number of Topliss-reactive ketones (excluding diaryl/α,β-unsaturated/α-hetero) is 2. The van der Waals surface area contributed by atoms with Gasteiger partial charge in [0.1, 0.15) is 17.1 Å². The van der Waals surface area contributed by atoms with E-state index in [0.29, 0.717) is 16.7 Å². The Bertz CT molecular complexity index is 961. The highest BCUT2D eigenvalue weighted by Gasteiger charge is 2.53. The van der Waals surface area contributed by atoms with Crippen LogP contribution in [0.3, 0.4) is 0 Å². The second-order valence-electron chi connectivity index (χ2n) is 8.43. The molecule has 0 N–H and O–H groups in total. The number of carbonyl (C=O) groups excluding carboxylic acids is 2. The lowest BCUT2D eigenvalue weighted by atomic mass is 9.73. The van der Waals surface area contributed by atoms with E-state index < -0.39 is 28.9 Å². The number of ketones is 2. The summed E-state index contributed by atoms with van der Waals surface area (Å²) in [6.45, 7) is 8.29. The molecule has 0 saturated carbocycles. The number of carbonyl (C=O) groups is 2. The van der Waals surface area contributed by atoms with Crippen molar-refractivity contribution in [1.82, 2.24) is 0 Å². The van der Waals surface area contributed by atoms with E-state index in [1.54, 1.807) is 58.9 Å². The number of alkyl halides is 3. The smallest absolute Gasteiger partial charge is 0.354 e. The predicted molar refractivity (Wildman–Crippen MR) is 104 cm³/mol. The standard InChI is InChI=1S/C23H23F3O3/c1-13-9-10-15(14-7-6-8-16(11-14)23(24,25)26)12-17(13)18-19(27)21(2,3)29-22(4,5)20(18)28/h6-12,18H,1-5H3. The molecule has 154 valence electrons. The Morgan fingerprint density at radius 3 is 1.97 bits per heavy atom. The van der Waals surface area contributed by atoms with Gasteiger partial charge in [-0.15, -0.1) is 0 Å². The molecule has 1 saturated heterocycles. The van der Waals surface area contributed by atoms with Gasteiger partial charge in [-0.3, -0.25) is 9.59 Å². The Morgan fingerprint density at radius 2 is 1.41 bits per heavy atom. The van der Waals surface area contributed by atoms with Crippen LogP contribution in [0.4, 0.5) is 13.2 Å². The van der Waals surface area contributed by atoms with E-state index in [-0.39, 0.29) is 11.6 Å². The van der Waals surface area contributed by atoms with Crippen molar-refractivity contribution >= 4 is 11.6 Å². The first-order chi connectivity index (χ1) is 13.2. The van der Waals surface area contributed by atoms with Crippen LogP contribution in [0.5, 0.6) is 0 Å². The van der Waals surface area contributed by atoms with Gasteiger partial charge in [-0.05, 0) is 75.1 Å². The molecular formula is C23H23F3O3. The van der Waals surface area contributed by atoms with Crippen LogP contribution >= 0.6 is 0 Å². The van der Waals surface area contributed by atoms with Gasteiger partial charge in [0.15, 0.2) is 11.6 Å². The van der Waals surface area contributed by atoms with Gasteiger partial charge in [0.25, 0.3) is 0 Å². The Labute approximate surface area is 167 Å². The van der Waals surface area contributed by atoms with E-state index in [1.807, 2.05) is 0 Å². The molecule has 6 heteroatoms. The lowest BCUT2D eigenvalue weighted by molar-refractivity contribution is -0.184. The first kappa shape index (κ1) is 21.2. The molecule has 3 rings (SSSR count).